The Labute approximate surface area is 128 Å². The minimum atomic E-state index is -0.456. The lowest BCUT2D eigenvalue weighted by atomic mass is 10.1. The van der Waals surface area contributed by atoms with Gasteiger partial charge in [0, 0.05) is 30.8 Å². The highest BCUT2D eigenvalue weighted by Crippen LogP contribution is 2.23. The van der Waals surface area contributed by atoms with Gasteiger partial charge >= 0.3 is 6.09 Å². The molecule has 20 heavy (non-hydrogen) atoms. The summed E-state index contributed by atoms with van der Waals surface area (Å²) in [7, 11) is 1.78. The van der Waals surface area contributed by atoms with Crippen LogP contribution in [0.2, 0.25) is 0 Å². The topological polar surface area (TPSA) is 45.7 Å². The third kappa shape index (κ3) is 3.62. The smallest absolute Gasteiger partial charge is 0.410 e. The Bertz CT molecular complexity index is 478. The fourth-order valence-corrected chi connectivity index (χ4v) is 2.16. The maximum atomic E-state index is 11.9. The van der Waals surface area contributed by atoms with E-state index in [-0.39, 0.29) is 12.1 Å². The summed E-state index contributed by atoms with van der Waals surface area (Å²) in [6, 6.07) is 4.11. The van der Waals surface area contributed by atoms with Crippen molar-refractivity contribution in [3.63, 3.8) is 0 Å². The van der Waals surface area contributed by atoms with Crippen molar-refractivity contribution in [1.82, 2.24) is 9.88 Å². The summed E-state index contributed by atoms with van der Waals surface area (Å²) >= 11 is 3.37. The second kappa shape index (κ2) is 5.60. The standard InChI is InChI=1S/C14H20BrN3O2/c1-14(2,3)20-13(19)17(4)11-8-18(9-11)12-6-5-10(15)7-16-12/h5-7,11H,8-9H2,1-4H3. The van der Waals surface area contributed by atoms with Gasteiger partial charge in [-0.1, -0.05) is 0 Å². The van der Waals surface area contributed by atoms with Crippen LogP contribution < -0.4 is 4.90 Å². The zero-order valence-electron chi connectivity index (χ0n) is 12.3. The largest absolute Gasteiger partial charge is 0.444 e. The molecule has 0 radical (unpaired) electrons. The van der Waals surface area contributed by atoms with Gasteiger partial charge in [-0.25, -0.2) is 9.78 Å². The molecule has 1 amide bonds. The van der Waals surface area contributed by atoms with Gasteiger partial charge in [0.2, 0.25) is 0 Å². The van der Waals surface area contributed by atoms with Gasteiger partial charge in [-0.05, 0) is 48.8 Å². The van der Waals surface area contributed by atoms with E-state index in [1.807, 2.05) is 32.9 Å². The maximum absolute atomic E-state index is 11.9. The molecule has 0 atom stereocenters. The lowest BCUT2D eigenvalue weighted by Gasteiger charge is -2.44. The average molecular weight is 342 g/mol. The lowest BCUT2D eigenvalue weighted by Crippen LogP contribution is -2.60. The first-order chi connectivity index (χ1) is 9.26. The Morgan fingerprint density at radius 1 is 1.45 bits per heavy atom. The van der Waals surface area contributed by atoms with Crippen molar-refractivity contribution in [3.05, 3.63) is 22.8 Å². The number of hydrogen-bond acceptors (Lipinski definition) is 4. The molecular weight excluding hydrogens is 322 g/mol. The van der Waals surface area contributed by atoms with Crippen molar-refractivity contribution in [3.8, 4) is 0 Å². The number of pyridine rings is 1. The number of nitrogens with zero attached hydrogens (tertiary/aromatic N) is 3. The molecule has 0 bridgehead atoms. The molecule has 0 spiro atoms. The van der Waals surface area contributed by atoms with E-state index in [9.17, 15) is 4.79 Å². The van der Waals surface area contributed by atoms with Crippen molar-refractivity contribution in [2.24, 2.45) is 0 Å². The molecule has 1 fully saturated rings. The normalized spacial score (nSPS) is 15.8. The van der Waals surface area contributed by atoms with Gasteiger partial charge in [-0.3, -0.25) is 0 Å². The van der Waals surface area contributed by atoms with Crippen molar-refractivity contribution in [2.75, 3.05) is 25.0 Å². The SMILES string of the molecule is CN(C(=O)OC(C)(C)C)C1CN(c2ccc(Br)cn2)C1. The molecule has 110 valence electrons. The van der Waals surface area contributed by atoms with Crippen LogP contribution in [0.5, 0.6) is 0 Å². The fraction of sp³-hybridized carbons (Fsp3) is 0.571. The zero-order chi connectivity index (χ0) is 14.9. The van der Waals surface area contributed by atoms with Gasteiger partial charge in [0.25, 0.3) is 0 Å². The summed E-state index contributed by atoms with van der Waals surface area (Å²) in [4.78, 5) is 20.1. The number of carbonyl (C=O) groups excluding carboxylic acids is 1. The number of rotatable bonds is 2. The number of halogens is 1. The molecule has 1 aliphatic heterocycles. The van der Waals surface area contributed by atoms with Crippen molar-refractivity contribution in [2.45, 2.75) is 32.4 Å². The highest BCUT2D eigenvalue weighted by Gasteiger charge is 2.34. The van der Waals surface area contributed by atoms with Crippen molar-refractivity contribution < 1.29 is 9.53 Å². The van der Waals surface area contributed by atoms with Crippen LogP contribution in [0.1, 0.15) is 20.8 Å². The van der Waals surface area contributed by atoms with Gasteiger partial charge in [0.05, 0.1) is 6.04 Å². The molecule has 1 saturated heterocycles. The van der Waals surface area contributed by atoms with Crippen molar-refractivity contribution >= 4 is 27.8 Å². The Morgan fingerprint density at radius 2 is 2.10 bits per heavy atom. The van der Waals surface area contributed by atoms with Gasteiger partial charge < -0.3 is 14.5 Å². The van der Waals surface area contributed by atoms with E-state index in [0.29, 0.717) is 0 Å². The number of carbonyl (C=O) groups is 1. The van der Waals surface area contributed by atoms with Crippen LogP contribution in [-0.4, -0.2) is 47.8 Å². The highest BCUT2D eigenvalue weighted by molar-refractivity contribution is 9.10. The second-order valence-electron chi connectivity index (χ2n) is 5.98. The molecule has 2 rings (SSSR count). The van der Waals surface area contributed by atoms with Crippen LogP contribution >= 0.6 is 15.9 Å². The molecule has 1 aromatic rings. The first-order valence-corrected chi connectivity index (χ1v) is 7.38. The number of anilines is 1. The summed E-state index contributed by atoms with van der Waals surface area (Å²) in [6.07, 6.45) is 1.51. The highest BCUT2D eigenvalue weighted by atomic mass is 79.9. The quantitative estimate of drug-likeness (QED) is 0.829. The van der Waals surface area contributed by atoms with Crippen LogP contribution in [0.3, 0.4) is 0 Å². The van der Waals surface area contributed by atoms with Crippen LogP contribution in [0.4, 0.5) is 10.6 Å². The Kier molecular flexibility index (Phi) is 4.22. The molecule has 0 unspecified atom stereocenters. The van der Waals surface area contributed by atoms with Crippen LogP contribution in [0, 0.1) is 0 Å². The van der Waals surface area contributed by atoms with E-state index >= 15 is 0 Å². The van der Waals surface area contributed by atoms with E-state index in [0.717, 1.165) is 23.4 Å². The molecule has 1 aliphatic rings. The third-order valence-electron chi connectivity index (χ3n) is 3.13. The lowest BCUT2D eigenvalue weighted by molar-refractivity contribution is 0.0196. The summed E-state index contributed by atoms with van der Waals surface area (Å²) in [5.74, 6) is 0.932. The summed E-state index contributed by atoms with van der Waals surface area (Å²) in [5.41, 5.74) is -0.456. The Hall–Kier alpha value is -1.30. The van der Waals surface area contributed by atoms with Gasteiger partial charge in [-0.2, -0.15) is 0 Å². The van der Waals surface area contributed by atoms with Crippen LogP contribution in [-0.2, 0) is 4.74 Å². The molecule has 0 aromatic carbocycles. The average Bonchev–Trinajstić information content (AvgIpc) is 2.27. The molecule has 6 heteroatoms. The Morgan fingerprint density at radius 3 is 2.60 bits per heavy atom. The van der Waals surface area contributed by atoms with E-state index in [4.69, 9.17) is 4.74 Å². The minimum absolute atomic E-state index is 0.176. The van der Waals surface area contributed by atoms with Crippen LogP contribution in [0.15, 0.2) is 22.8 Å². The molecule has 5 nitrogen and oxygen atoms in total. The minimum Gasteiger partial charge on any atom is -0.444 e. The van der Waals surface area contributed by atoms with E-state index < -0.39 is 5.60 Å². The first kappa shape index (κ1) is 15.1. The van der Waals surface area contributed by atoms with E-state index in [1.165, 1.54) is 0 Å². The van der Waals surface area contributed by atoms with E-state index in [2.05, 4.69) is 25.8 Å². The number of aromatic nitrogens is 1. The summed E-state index contributed by atoms with van der Waals surface area (Å²) < 4.78 is 6.32. The molecule has 2 heterocycles. The monoisotopic (exact) mass is 341 g/mol. The van der Waals surface area contributed by atoms with Gasteiger partial charge in [0.1, 0.15) is 11.4 Å². The number of ether oxygens (including phenoxy) is 1. The molecule has 0 aliphatic carbocycles. The molecule has 0 N–H and O–H groups in total. The van der Waals surface area contributed by atoms with Crippen molar-refractivity contribution in [1.29, 1.82) is 0 Å². The first-order valence-electron chi connectivity index (χ1n) is 6.58. The molecule has 1 aromatic heterocycles. The van der Waals surface area contributed by atoms with E-state index in [1.54, 1.807) is 18.1 Å². The number of hydrogen-bond donors (Lipinski definition) is 0. The Balaban J connectivity index is 1.86. The van der Waals surface area contributed by atoms with Gasteiger partial charge in [0.15, 0.2) is 0 Å². The molecule has 0 saturated carbocycles. The number of amides is 1. The third-order valence-corrected chi connectivity index (χ3v) is 3.60. The predicted octanol–water partition coefficient (Wildman–Crippen LogP) is 2.90. The zero-order valence-corrected chi connectivity index (χ0v) is 13.8. The van der Waals surface area contributed by atoms with Crippen LogP contribution in [0.25, 0.3) is 0 Å². The number of likely N-dealkylation sites (N-methyl/N-ethyl adjacent to an activating group) is 1. The second-order valence-corrected chi connectivity index (χ2v) is 6.90. The van der Waals surface area contributed by atoms with Gasteiger partial charge in [-0.15, -0.1) is 0 Å². The summed E-state index contributed by atoms with van der Waals surface area (Å²) in [5, 5.41) is 0. The molecular formula is C14H20BrN3O2. The summed E-state index contributed by atoms with van der Waals surface area (Å²) in [6.45, 7) is 7.18. The maximum Gasteiger partial charge on any atom is 0.410 e. The fourth-order valence-electron chi connectivity index (χ4n) is 1.93. The predicted molar refractivity (Wildman–Crippen MR) is 81.9 cm³/mol.